The van der Waals surface area contributed by atoms with Crippen LogP contribution in [0.25, 0.3) is 0 Å². The number of esters is 1. The topological polar surface area (TPSA) is 49.8 Å². The van der Waals surface area contributed by atoms with E-state index < -0.39 is 0 Å². The summed E-state index contributed by atoms with van der Waals surface area (Å²) in [5.74, 6) is -0.317. The molecule has 0 aliphatic carbocycles. The van der Waals surface area contributed by atoms with Gasteiger partial charge >= 0.3 is 5.97 Å². The molecule has 0 saturated carbocycles. The normalized spacial score (nSPS) is 27.1. The summed E-state index contributed by atoms with van der Waals surface area (Å²) < 4.78 is 4.72. The Bertz CT molecular complexity index is 220. The highest BCUT2D eigenvalue weighted by atomic mass is 16.5. The van der Waals surface area contributed by atoms with Gasteiger partial charge in [0, 0.05) is 12.6 Å². The highest BCUT2D eigenvalue weighted by Gasteiger charge is 2.29. The average molecular weight is 215 g/mol. The minimum Gasteiger partial charge on any atom is -0.469 e. The number of carbonyl (C=O) groups excluding carboxylic acids is 1. The summed E-state index contributed by atoms with van der Waals surface area (Å²) in [6.45, 7) is 5.51. The Kier molecular flexibility index (Phi) is 4.54. The van der Waals surface area contributed by atoms with Crippen LogP contribution in [0.4, 0.5) is 0 Å². The van der Waals surface area contributed by atoms with Crippen molar-refractivity contribution < 1.29 is 14.6 Å². The molecule has 0 spiro atoms. The quantitative estimate of drug-likeness (QED) is 0.702. The van der Waals surface area contributed by atoms with Gasteiger partial charge in [0.05, 0.1) is 19.1 Å². The first-order valence-electron chi connectivity index (χ1n) is 5.56. The number of methoxy groups -OCH3 is 1. The smallest absolute Gasteiger partial charge is 0.309 e. The molecule has 0 bridgehead atoms. The fraction of sp³-hybridized carbons (Fsp3) is 0.909. The number of aliphatic hydroxyl groups is 1. The van der Waals surface area contributed by atoms with Crippen LogP contribution < -0.4 is 0 Å². The maximum atomic E-state index is 11.4. The highest BCUT2D eigenvalue weighted by Crippen LogP contribution is 2.18. The summed E-state index contributed by atoms with van der Waals surface area (Å²) in [5.41, 5.74) is 0. The van der Waals surface area contributed by atoms with Gasteiger partial charge in [-0.3, -0.25) is 9.69 Å². The van der Waals surface area contributed by atoms with Gasteiger partial charge in [-0.15, -0.1) is 0 Å². The van der Waals surface area contributed by atoms with E-state index in [0.29, 0.717) is 6.54 Å². The molecule has 1 saturated heterocycles. The summed E-state index contributed by atoms with van der Waals surface area (Å²) >= 11 is 0. The number of piperidine rings is 1. The van der Waals surface area contributed by atoms with E-state index in [4.69, 9.17) is 4.74 Å². The second-order valence-electron chi connectivity index (χ2n) is 4.34. The number of ether oxygens (including phenoxy) is 1. The molecule has 1 fully saturated rings. The lowest BCUT2D eigenvalue weighted by Gasteiger charge is -2.36. The lowest BCUT2D eigenvalue weighted by molar-refractivity contribution is -0.147. The zero-order valence-corrected chi connectivity index (χ0v) is 9.77. The number of rotatable bonds is 3. The van der Waals surface area contributed by atoms with Gasteiger partial charge in [0.15, 0.2) is 0 Å². The summed E-state index contributed by atoms with van der Waals surface area (Å²) in [5, 5.41) is 9.55. The Morgan fingerprint density at radius 3 is 2.73 bits per heavy atom. The van der Waals surface area contributed by atoms with E-state index in [-0.39, 0.29) is 24.0 Å². The van der Waals surface area contributed by atoms with Crippen molar-refractivity contribution in [2.45, 2.75) is 38.8 Å². The fourth-order valence-corrected chi connectivity index (χ4v) is 2.05. The minimum absolute atomic E-state index is 0.132. The maximum Gasteiger partial charge on any atom is 0.309 e. The Labute approximate surface area is 91.2 Å². The molecule has 4 nitrogen and oxygen atoms in total. The molecule has 1 aliphatic heterocycles. The van der Waals surface area contributed by atoms with Crippen LogP contribution in [0.15, 0.2) is 0 Å². The van der Waals surface area contributed by atoms with Crippen molar-refractivity contribution in [1.82, 2.24) is 4.90 Å². The number of hydrogen-bond acceptors (Lipinski definition) is 4. The van der Waals surface area contributed by atoms with Crippen molar-refractivity contribution in [3.63, 3.8) is 0 Å². The van der Waals surface area contributed by atoms with Crippen molar-refractivity contribution in [1.29, 1.82) is 0 Å². The Morgan fingerprint density at radius 1 is 1.53 bits per heavy atom. The number of hydrogen-bond donors (Lipinski definition) is 1. The molecule has 3 unspecified atom stereocenters. The lowest BCUT2D eigenvalue weighted by atomic mass is 9.98. The predicted molar refractivity (Wildman–Crippen MR) is 57.5 cm³/mol. The molecule has 1 N–H and O–H groups in total. The van der Waals surface area contributed by atoms with Gasteiger partial charge in [0.2, 0.25) is 0 Å². The first-order valence-corrected chi connectivity index (χ1v) is 5.56. The van der Waals surface area contributed by atoms with E-state index in [1.54, 1.807) is 0 Å². The number of nitrogens with zero attached hydrogens (tertiary/aromatic N) is 1. The molecule has 0 radical (unpaired) electrons. The highest BCUT2D eigenvalue weighted by molar-refractivity contribution is 5.72. The Balaban J connectivity index is 2.51. The van der Waals surface area contributed by atoms with Crippen LogP contribution >= 0.6 is 0 Å². The van der Waals surface area contributed by atoms with E-state index in [0.717, 1.165) is 19.4 Å². The molecule has 3 atom stereocenters. The summed E-state index contributed by atoms with van der Waals surface area (Å²) in [7, 11) is 1.41. The van der Waals surface area contributed by atoms with Gasteiger partial charge in [-0.25, -0.2) is 0 Å². The molecule has 88 valence electrons. The molecule has 1 rings (SSSR count). The number of carbonyl (C=O) groups is 1. The number of aliphatic hydroxyl groups excluding tert-OH is 1. The van der Waals surface area contributed by atoms with Crippen molar-refractivity contribution in [3.05, 3.63) is 0 Å². The third kappa shape index (κ3) is 3.18. The van der Waals surface area contributed by atoms with Crippen LogP contribution in [0, 0.1) is 5.92 Å². The number of likely N-dealkylation sites (tertiary alicyclic amines) is 1. The van der Waals surface area contributed by atoms with E-state index in [1.807, 2.05) is 13.8 Å². The Hall–Kier alpha value is -0.610. The van der Waals surface area contributed by atoms with Crippen LogP contribution in [0.1, 0.15) is 26.7 Å². The average Bonchev–Trinajstić information content (AvgIpc) is 2.26. The number of β-amino-alcohol motifs (C(OH)–C–C–N with tert-alkyl or cyclic N) is 1. The van der Waals surface area contributed by atoms with Crippen molar-refractivity contribution in [2.24, 2.45) is 5.92 Å². The summed E-state index contributed by atoms with van der Waals surface area (Å²) in [6.07, 6.45) is 1.63. The molecule has 0 aromatic carbocycles. The van der Waals surface area contributed by atoms with Crippen molar-refractivity contribution in [2.75, 3.05) is 20.2 Å². The standard InChI is InChI=1S/C11H21NO3/c1-8(11(14)15-3)9(2)12-6-4-5-10(13)7-12/h8-10,13H,4-7H2,1-3H3. The molecule has 0 amide bonds. The minimum atomic E-state index is -0.244. The predicted octanol–water partition coefficient (Wildman–Crippen LogP) is 0.641. The summed E-state index contributed by atoms with van der Waals surface area (Å²) in [6, 6.07) is 0.132. The monoisotopic (exact) mass is 215 g/mol. The van der Waals surface area contributed by atoms with Crippen LogP contribution in [0.2, 0.25) is 0 Å². The van der Waals surface area contributed by atoms with Gasteiger partial charge in [0.25, 0.3) is 0 Å². The van der Waals surface area contributed by atoms with Crippen LogP contribution in [0.5, 0.6) is 0 Å². The first kappa shape index (κ1) is 12.5. The van der Waals surface area contributed by atoms with Gasteiger partial charge in [-0.05, 0) is 26.3 Å². The largest absolute Gasteiger partial charge is 0.469 e. The fourth-order valence-electron chi connectivity index (χ4n) is 2.05. The first-order chi connectivity index (χ1) is 7.06. The molecular formula is C11H21NO3. The van der Waals surface area contributed by atoms with Crippen molar-refractivity contribution >= 4 is 5.97 Å². The van der Waals surface area contributed by atoms with Gasteiger partial charge < -0.3 is 9.84 Å². The van der Waals surface area contributed by atoms with E-state index in [9.17, 15) is 9.90 Å². The van der Waals surface area contributed by atoms with Crippen LogP contribution in [0.3, 0.4) is 0 Å². The van der Waals surface area contributed by atoms with E-state index in [1.165, 1.54) is 7.11 Å². The van der Waals surface area contributed by atoms with Crippen LogP contribution in [-0.4, -0.2) is 48.3 Å². The molecule has 1 aliphatic rings. The molecule has 4 heteroatoms. The summed E-state index contributed by atoms with van der Waals surface area (Å²) in [4.78, 5) is 13.5. The van der Waals surface area contributed by atoms with Crippen molar-refractivity contribution in [3.8, 4) is 0 Å². The van der Waals surface area contributed by atoms with Gasteiger partial charge in [-0.2, -0.15) is 0 Å². The van der Waals surface area contributed by atoms with Gasteiger partial charge in [-0.1, -0.05) is 6.92 Å². The third-order valence-corrected chi connectivity index (χ3v) is 3.30. The Morgan fingerprint density at radius 2 is 2.20 bits per heavy atom. The zero-order chi connectivity index (χ0) is 11.4. The second kappa shape index (κ2) is 5.47. The molecule has 1 heterocycles. The molecule has 0 aromatic heterocycles. The molecular weight excluding hydrogens is 194 g/mol. The molecule has 15 heavy (non-hydrogen) atoms. The van der Waals surface area contributed by atoms with Gasteiger partial charge in [0.1, 0.15) is 0 Å². The van der Waals surface area contributed by atoms with E-state index >= 15 is 0 Å². The SMILES string of the molecule is COC(=O)C(C)C(C)N1CCCC(O)C1. The van der Waals surface area contributed by atoms with Crippen LogP contribution in [-0.2, 0) is 9.53 Å². The van der Waals surface area contributed by atoms with E-state index in [2.05, 4.69) is 4.90 Å². The third-order valence-electron chi connectivity index (χ3n) is 3.30. The zero-order valence-electron chi connectivity index (χ0n) is 9.77. The second-order valence-corrected chi connectivity index (χ2v) is 4.34. The lowest BCUT2D eigenvalue weighted by Crippen LogP contribution is -2.47. The maximum absolute atomic E-state index is 11.4. The molecule has 0 aromatic rings.